The number of carbonyl (C=O) groups excluding carboxylic acids is 1. The molecule has 5 nitrogen and oxygen atoms in total. The Hall–Kier alpha value is -1.62. The van der Waals surface area contributed by atoms with Gasteiger partial charge in [0.2, 0.25) is 0 Å². The number of carbonyl (C=O) groups is 1. The molecular formula is C15H23N3O2. The maximum atomic E-state index is 11.5. The van der Waals surface area contributed by atoms with Crippen LogP contribution in [0.5, 0.6) is 0 Å². The lowest BCUT2D eigenvalue weighted by atomic mass is 9.90. The van der Waals surface area contributed by atoms with Crippen molar-refractivity contribution in [2.45, 2.75) is 37.8 Å². The van der Waals surface area contributed by atoms with Gasteiger partial charge < -0.3 is 15.0 Å². The zero-order valence-corrected chi connectivity index (χ0v) is 12.4. The Morgan fingerprint density at radius 1 is 1.40 bits per heavy atom. The first-order chi connectivity index (χ1) is 9.65. The third kappa shape index (κ3) is 3.28. The number of methoxy groups -OCH3 is 1. The van der Waals surface area contributed by atoms with E-state index in [0.29, 0.717) is 17.8 Å². The van der Waals surface area contributed by atoms with Gasteiger partial charge in [-0.15, -0.1) is 0 Å². The SMILES string of the molecule is CNC1CCC(N(C)c2ccnc(C(=O)OC)c2)CC1. The predicted molar refractivity (Wildman–Crippen MR) is 79.1 cm³/mol. The predicted octanol–water partition coefficient (Wildman–Crippen LogP) is 1.83. The van der Waals surface area contributed by atoms with Gasteiger partial charge >= 0.3 is 5.97 Å². The third-order valence-corrected chi connectivity index (χ3v) is 4.20. The summed E-state index contributed by atoms with van der Waals surface area (Å²) in [7, 11) is 5.49. The van der Waals surface area contributed by atoms with Gasteiger partial charge in [-0.2, -0.15) is 0 Å². The van der Waals surface area contributed by atoms with Crippen LogP contribution < -0.4 is 10.2 Å². The molecule has 1 fully saturated rings. The second kappa shape index (κ2) is 6.70. The number of anilines is 1. The highest BCUT2D eigenvalue weighted by Crippen LogP contribution is 2.26. The zero-order chi connectivity index (χ0) is 14.5. The second-order valence-corrected chi connectivity index (χ2v) is 5.30. The van der Waals surface area contributed by atoms with Crippen LogP contribution in [0.15, 0.2) is 18.3 Å². The van der Waals surface area contributed by atoms with Crippen molar-refractivity contribution in [2.75, 3.05) is 26.1 Å². The molecule has 1 aromatic heterocycles. The molecule has 0 saturated heterocycles. The summed E-state index contributed by atoms with van der Waals surface area (Å²) < 4.78 is 4.72. The van der Waals surface area contributed by atoms with E-state index in [0.717, 1.165) is 18.5 Å². The van der Waals surface area contributed by atoms with Crippen molar-refractivity contribution >= 4 is 11.7 Å². The number of ether oxygens (including phenoxy) is 1. The normalized spacial score (nSPS) is 22.4. The standard InChI is InChI=1S/C15H23N3O2/c1-16-11-4-6-12(7-5-11)18(2)13-8-9-17-14(10-13)15(19)20-3/h8-12,16H,4-7H2,1-3H3. The number of nitrogens with zero attached hydrogens (tertiary/aromatic N) is 2. The Bertz CT molecular complexity index is 456. The number of esters is 1. The fourth-order valence-electron chi connectivity index (χ4n) is 2.82. The Morgan fingerprint density at radius 2 is 2.10 bits per heavy atom. The molecule has 0 bridgehead atoms. The van der Waals surface area contributed by atoms with Crippen LogP contribution in [0.1, 0.15) is 36.2 Å². The van der Waals surface area contributed by atoms with Gasteiger partial charge in [0.15, 0.2) is 0 Å². The summed E-state index contributed by atoms with van der Waals surface area (Å²) in [5, 5.41) is 3.35. The van der Waals surface area contributed by atoms with Crippen molar-refractivity contribution in [2.24, 2.45) is 0 Å². The van der Waals surface area contributed by atoms with E-state index in [1.54, 1.807) is 12.3 Å². The number of aromatic nitrogens is 1. The zero-order valence-electron chi connectivity index (χ0n) is 12.4. The van der Waals surface area contributed by atoms with Gasteiger partial charge in [0.1, 0.15) is 5.69 Å². The summed E-state index contributed by atoms with van der Waals surface area (Å²) in [6.07, 6.45) is 6.38. The van der Waals surface area contributed by atoms with Gasteiger partial charge in [-0.25, -0.2) is 9.78 Å². The number of pyridine rings is 1. The fraction of sp³-hybridized carbons (Fsp3) is 0.600. The summed E-state index contributed by atoms with van der Waals surface area (Å²) >= 11 is 0. The molecule has 1 aromatic rings. The maximum Gasteiger partial charge on any atom is 0.356 e. The van der Waals surface area contributed by atoms with Crippen molar-refractivity contribution in [1.82, 2.24) is 10.3 Å². The Balaban J connectivity index is 2.05. The summed E-state index contributed by atoms with van der Waals surface area (Å²) in [4.78, 5) is 17.8. The highest BCUT2D eigenvalue weighted by atomic mass is 16.5. The van der Waals surface area contributed by atoms with Crippen LogP contribution in [0.4, 0.5) is 5.69 Å². The van der Waals surface area contributed by atoms with Crippen LogP contribution in [0, 0.1) is 0 Å². The average Bonchev–Trinajstić information content (AvgIpc) is 2.53. The van der Waals surface area contributed by atoms with Crippen LogP contribution in [-0.2, 0) is 4.74 Å². The van der Waals surface area contributed by atoms with E-state index in [2.05, 4.69) is 22.2 Å². The summed E-state index contributed by atoms with van der Waals surface area (Å²) in [6.45, 7) is 0. The smallest absolute Gasteiger partial charge is 0.356 e. The van der Waals surface area contributed by atoms with Crippen LogP contribution in [0.3, 0.4) is 0 Å². The van der Waals surface area contributed by atoms with Gasteiger partial charge in [-0.3, -0.25) is 0 Å². The van der Waals surface area contributed by atoms with E-state index in [4.69, 9.17) is 4.74 Å². The van der Waals surface area contributed by atoms with Gasteiger partial charge in [0.25, 0.3) is 0 Å². The minimum absolute atomic E-state index is 0.362. The highest BCUT2D eigenvalue weighted by molar-refractivity contribution is 5.88. The molecule has 0 unspecified atom stereocenters. The number of nitrogens with one attached hydrogen (secondary N) is 1. The molecule has 0 aromatic carbocycles. The summed E-state index contributed by atoms with van der Waals surface area (Å²) in [6, 6.07) is 4.90. The van der Waals surface area contributed by atoms with Crippen molar-refractivity contribution in [3.8, 4) is 0 Å². The monoisotopic (exact) mass is 277 g/mol. The lowest BCUT2D eigenvalue weighted by Crippen LogP contribution is -2.39. The molecule has 2 rings (SSSR count). The molecule has 1 saturated carbocycles. The molecular weight excluding hydrogens is 254 g/mol. The maximum absolute atomic E-state index is 11.5. The van der Waals surface area contributed by atoms with Gasteiger partial charge in [0.05, 0.1) is 7.11 Å². The molecule has 1 aliphatic rings. The van der Waals surface area contributed by atoms with Gasteiger partial charge in [0, 0.05) is 31.0 Å². The Kier molecular flexibility index (Phi) is 4.95. The number of rotatable bonds is 4. The first-order valence-corrected chi connectivity index (χ1v) is 7.10. The Morgan fingerprint density at radius 3 is 2.70 bits per heavy atom. The molecule has 1 heterocycles. The molecule has 1 aliphatic carbocycles. The third-order valence-electron chi connectivity index (χ3n) is 4.20. The van der Waals surface area contributed by atoms with Crippen LogP contribution in [-0.4, -0.2) is 44.2 Å². The van der Waals surface area contributed by atoms with E-state index in [9.17, 15) is 4.79 Å². The molecule has 0 radical (unpaired) electrons. The van der Waals surface area contributed by atoms with Crippen LogP contribution in [0.25, 0.3) is 0 Å². The molecule has 0 atom stereocenters. The molecule has 5 heteroatoms. The first kappa shape index (κ1) is 14.8. The van der Waals surface area contributed by atoms with E-state index in [1.165, 1.54) is 20.0 Å². The number of hydrogen-bond acceptors (Lipinski definition) is 5. The van der Waals surface area contributed by atoms with E-state index >= 15 is 0 Å². The molecule has 0 spiro atoms. The first-order valence-electron chi connectivity index (χ1n) is 7.10. The Labute approximate surface area is 120 Å². The summed E-state index contributed by atoms with van der Waals surface area (Å²) in [5.74, 6) is -0.390. The topological polar surface area (TPSA) is 54.5 Å². The van der Waals surface area contributed by atoms with Crippen LogP contribution in [0.2, 0.25) is 0 Å². The molecule has 20 heavy (non-hydrogen) atoms. The van der Waals surface area contributed by atoms with E-state index in [-0.39, 0.29) is 5.97 Å². The van der Waals surface area contributed by atoms with Crippen LogP contribution >= 0.6 is 0 Å². The fourth-order valence-corrected chi connectivity index (χ4v) is 2.82. The highest BCUT2D eigenvalue weighted by Gasteiger charge is 2.23. The lowest BCUT2D eigenvalue weighted by Gasteiger charge is -2.36. The van der Waals surface area contributed by atoms with Crippen molar-refractivity contribution in [1.29, 1.82) is 0 Å². The summed E-state index contributed by atoms with van der Waals surface area (Å²) in [5.41, 5.74) is 1.38. The molecule has 1 N–H and O–H groups in total. The number of hydrogen-bond donors (Lipinski definition) is 1. The van der Waals surface area contributed by atoms with E-state index < -0.39 is 0 Å². The average molecular weight is 277 g/mol. The van der Waals surface area contributed by atoms with Gasteiger partial charge in [-0.05, 0) is 44.9 Å². The van der Waals surface area contributed by atoms with E-state index in [1.807, 2.05) is 13.1 Å². The minimum atomic E-state index is -0.390. The minimum Gasteiger partial charge on any atom is -0.464 e. The largest absolute Gasteiger partial charge is 0.464 e. The van der Waals surface area contributed by atoms with Crippen molar-refractivity contribution < 1.29 is 9.53 Å². The van der Waals surface area contributed by atoms with Gasteiger partial charge in [-0.1, -0.05) is 0 Å². The van der Waals surface area contributed by atoms with Crippen molar-refractivity contribution in [3.63, 3.8) is 0 Å². The lowest BCUT2D eigenvalue weighted by molar-refractivity contribution is 0.0594. The van der Waals surface area contributed by atoms with Crippen molar-refractivity contribution in [3.05, 3.63) is 24.0 Å². The second-order valence-electron chi connectivity index (χ2n) is 5.30. The quantitative estimate of drug-likeness (QED) is 0.851. The molecule has 0 amide bonds. The molecule has 0 aliphatic heterocycles. The molecule has 110 valence electrons.